The van der Waals surface area contributed by atoms with Crippen molar-refractivity contribution in [3.63, 3.8) is 0 Å². The Morgan fingerprint density at radius 2 is 2.12 bits per heavy atom. The number of alkyl halides is 3. The molecule has 0 aromatic carbocycles. The number of aromatic nitrogens is 2. The summed E-state index contributed by atoms with van der Waals surface area (Å²) in [6.07, 6.45) is -2.96. The lowest BCUT2D eigenvalue weighted by Crippen LogP contribution is -2.43. The minimum absolute atomic E-state index is 0.0486. The standard InChI is InChI=1S/C15H15ClF3N3OS/c16-13-20-11(22-2-1-14(7-22)4-8(23)5-14)10-3-9(6-15(17,18)19)24-12(10)21-13/h3,8,23H,1-2,4-7H2. The van der Waals surface area contributed by atoms with Gasteiger partial charge in [-0.1, -0.05) is 0 Å². The van der Waals surface area contributed by atoms with Gasteiger partial charge in [0.1, 0.15) is 10.6 Å². The van der Waals surface area contributed by atoms with E-state index in [1.165, 1.54) is 6.07 Å². The third kappa shape index (κ3) is 2.95. The summed E-state index contributed by atoms with van der Waals surface area (Å²) in [5, 5.41) is 10.3. The van der Waals surface area contributed by atoms with Gasteiger partial charge in [-0.05, 0) is 42.3 Å². The number of aliphatic hydroxyl groups is 1. The number of anilines is 1. The number of halogens is 4. The van der Waals surface area contributed by atoms with Gasteiger partial charge in [-0.25, -0.2) is 4.98 Å². The predicted octanol–water partition coefficient (Wildman–Crippen LogP) is 3.80. The quantitative estimate of drug-likeness (QED) is 0.809. The molecular weight excluding hydrogens is 363 g/mol. The molecule has 1 N–H and O–H groups in total. The van der Waals surface area contributed by atoms with E-state index in [1.807, 2.05) is 0 Å². The minimum Gasteiger partial charge on any atom is -0.393 e. The zero-order chi connectivity index (χ0) is 17.1. The van der Waals surface area contributed by atoms with Crippen LogP contribution in [-0.4, -0.2) is 40.4 Å². The highest BCUT2D eigenvalue weighted by Crippen LogP contribution is 2.49. The molecule has 2 fully saturated rings. The van der Waals surface area contributed by atoms with Gasteiger partial charge in [0.2, 0.25) is 5.28 Å². The maximum atomic E-state index is 12.7. The van der Waals surface area contributed by atoms with Crippen molar-refractivity contribution < 1.29 is 18.3 Å². The highest BCUT2D eigenvalue weighted by Gasteiger charge is 2.48. The number of fused-ring (bicyclic) bond motifs is 1. The van der Waals surface area contributed by atoms with E-state index in [9.17, 15) is 18.3 Å². The van der Waals surface area contributed by atoms with Crippen LogP contribution in [0.2, 0.25) is 5.28 Å². The van der Waals surface area contributed by atoms with Crippen molar-refractivity contribution in [3.8, 4) is 0 Å². The molecule has 0 radical (unpaired) electrons. The van der Waals surface area contributed by atoms with Gasteiger partial charge in [0.15, 0.2) is 0 Å². The molecule has 130 valence electrons. The summed E-state index contributed by atoms with van der Waals surface area (Å²) >= 11 is 6.99. The lowest BCUT2D eigenvalue weighted by atomic mass is 9.66. The highest BCUT2D eigenvalue weighted by atomic mass is 35.5. The Labute approximate surface area is 145 Å². The molecule has 9 heteroatoms. The highest BCUT2D eigenvalue weighted by molar-refractivity contribution is 7.18. The molecule has 0 atom stereocenters. The van der Waals surface area contributed by atoms with E-state index in [4.69, 9.17) is 11.6 Å². The molecule has 2 aromatic heterocycles. The molecular formula is C15H15ClF3N3OS. The van der Waals surface area contributed by atoms with Crippen molar-refractivity contribution in [1.29, 1.82) is 0 Å². The minimum atomic E-state index is -4.25. The van der Waals surface area contributed by atoms with E-state index in [1.54, 1.807) is 0 Å². The molecule has 1 spiro atoms. The van der Waals surface area contributed by atoms with Crippen LogP contribution in [-0.2, 0) is 6.42 Å². The summed E-state index contributed by atoms with van der Waals surface area (Å²) in [4.78, 5) is 11.1. The molecule has 24 heavy (non-hydrogen) atoms. The summed E-state index contributed by atoms with van der Waals surface area (Å²) < 4.78 is 38.0. The molecule has 1 saturated carbocycles. The molecule has 4 nitrogen and oxygen atoms in total. The van der Waals surface area contributed by atoms with E-state index >= 15 is 0 Å². The van der Waals surface area contributed by atoms with Crippen molar-refractivity contribution >= 4 is 39.0 Å². The van der Waals surface area contributed by atoms with E-state index in [-0.39, 0.29) is 21.7 Å². The van der Waals surface area contributed by atoms with E-state index in [0.29, 0.717) is 16.0 Å². The van der Waals surface area contributed by atoms with Gasteiger partial charge in [-0.15, -0.1) is 11.3 Å². The SMILES string of the molecule is OC1CC2(CCN(c3nc(Cl)nc4sc(CC(F)(F)F)cc34)C2)C1. The van der Waals surface area contributed by atoms with Gasteiger partial charge in [0.25, 0.3) is 0 Å². The number of hydrogen-bond donors (Lipinski definition) is 1. The first-order valence-corrected chi connectivity index (χ1v) is 8.88. The van der Waals surface area contributed by atoms with Crippen LogP contribution < -0.4 is 4.90 Å². The van der Waals surface area contributed by atoms with Gasteiger partial charge in [0, 0.05) is 18.0 Å². The van der Waals surface area contributed by atoms with Crippen LogP contribution in [0.4, 0.5) is 19.0 Å². The van der Waals surface area contributed by atoms with Crippen LogP contribution in [0.5, 0.6) is 0 Å². The number of hydrogen-bond acceptors (Lipinski definition) is 5. The summed E-state index contributed by atoms with van der Waals surface area (Å²) in [5.74, 6) is 0.605. The van der Waals surface area contributed by atoms with Crippen LogP contribution in [0.25, 0.3) is 10.2 Å². The maximum Gasteiger partial charge on any atom is 0.393 e. The van der Waals surface area contributed by atoms with Crippen LogP contribution in [0, 0.1) is 5.41 Å². The molecule has 1 saturated heterocycles. The second kappa shape index (κ2) is 5.44. The van der Waals surface area contributed by atoms with Gasteiger partial charge in [-0.2, -0.15) is 18.2 Å². The Morgan fingerprint density at radius 3 is 2.79 bits per heavy atom. The fourth-order valence-electron chi connectivity index (χ4n) is 3.85. The number of aliphatic hydroxyl groups excluding tert-OH is 1. The number of nitrogens with zero attached hydrogens (tertiary/aromatic N) is 3. The molecule has 2 aromatic rings. The lowest BCUT2D eigenvalue weighted by Gasteiger charge is -2.42. The second-order valence-electron chi connectivity index (χ2n) is 6.77. The van der Waals surface area contributed by atoms with Gasteiger partial charge in [-0.3, -0.25) is 0 Å². The Balaban J connectivity index is 1.67. The zero-order valence-electron chi connectivity index (χ0n) is 12.6. The first-order chi connectivity index (χ1) is 11.2. The van der Waals surface area contributed by atoms with E-state index in [0.717, 1.165) is 43.7 Å². The first kappa shape index (κ1) is 16.4. The second-order valence-corrected chi connectivity index (χ2v) is 8.23. The first-order valence-electron chi connectivity index (χ1n) is 7.69. The van der Waals surface area contributed by atoms with Crippen LogP contribution in [0.3, 0.4) is 0 Å². The van der Waals surface area contributed by atoms with Crippen LogP contribution >= 0.6 is 22.9 Å². The topological polar surface area (TPSA) is 49.2 Å². The summed E-state index contributed by atoms with van der Waals surface area (Å²) in [5.41, 5.74) is 0.105. The normalized spacial score (nSPS) is 27.2. The van der Waals surface area contributed by atoms with Gasteiger partial charge < -0.3 is 10.0 Å². The monoisotopic (exact) mass is 377 g/mol. The summed E-state index contributed by atoms with van der Waals surface area (Å²) in [6, 6.07) is 1.53. The van der Waals surface area contributed by atoms with Gasteiger partial charge >= 0.3 is 6.18 Å². The van der Waals surface area contributed by atoms with Crippen molar-refractivity contribution in [2.75, 3.05) is 18.0 Å². The lowest BCUT2D eigenvalue weighted by molar-refractivity contribution is -0.126. The van der Waals surface area contributed by atoms with Crippen LogP contribution in [0.1, 0.15) is 24.1 Å². The maximum absolute atomic E-state index is 12.7. The zero-order valence-corrected chi connectivity index (χ0v) is 14.2. The van der Waals surface area contributed by atoms with E-state index < -0.39 is 12.6 Å². The molecule has 1 aliphatic carbocycles. The molecule has 0 bridgehead atoms. The average molecular weight is 378 g/mol. The Morgan fingerprint density at radius 1 is 1.38 bits per heavy atom. The van der Waals surface area contributed by atoms with Crippen molar-refractivity contribution in [2.45, 2.75) is 38.0 Å². The largest absolute Gasteiger partial charge is 0.393 e. The smallest absolute Gasteiger partial charge is 0.393 e. The molecule has 2 aliphatic rings. The van der Waals surface area contributed by atoms with Crippen molar-refractivity contribution in [2.24, 2.45) is 5.41 Å². The Bertz CT molecular complexity index is 788. The molecule has 0 unspecified atom stereocenters. The summed E-state index contributed by atoms with van der Waals surface area (Å²) in [7, 11) is 0. The predicted molar refractivity (Wildman–Crippen MR) is 86.7 cm³/mol. The van der Waals surface area contributed by atoms with Crippen molar-refractivity contribution in [3.05, 3.63) is 16.2 Å². The number of rotatable bonds is 2. The average Bonchev–Trinajstić information content (AvgIpc) is 2.99. The molecule has 1 aliphatic heterocycles. The fourth-order valence-corrected chi connectivity index (χ4v) is 5.11. The Hall–Kier alpha value is -1.12. The third-order valence-corrected chi connectivity index (χ3v) is 6.04. The number of thiophene rings is 1. The molecule has 0 amide bonds. The fraction of sp³-hybridized carbons (Fsp3) is 0.600. The molecule has 4 rings (SSSR count). The third-order valence-electron chi connectivity index (χ3n) is 4.85. The van der Waals surface area contributed by atoms with Crippen molar-refractivity contribution in [1.82, 2.24) is 9.97 Å². The van der Waals surface area contributed by atoms with Gasteiger partial charge in [0.05, 0.1) is 17.9 Å². The van der Waals surface area contributed by atoms with Crippen LogP contribution in [0.15, 0.2) is 6.07 Å². The summed E-state index contributed by atoms with van der Waals surface area (Å²) in [6.45, 7) is 1.51. The Kier molecular flexibility index (Phi) is 3.71. The van der Waals surface area contributed by atoms with E-state index in [2.05, 4.69) is 14.9 Å². The molecule has 3 heterocycles.